The van der Waals surface area contributed by atoms with E-state index in [0.717, 1.165) is 19.4 Å². The number of thiophene rings is 1. The smallest absolute Gasteiger partial charge is 0.0935 e. The molecule has 104 valence electrons. The second kappa shape index (κ2) is 6.25. The Kier molecular flexibility index (Phi) is 4.19. The molecule has 0 saturated carbocycles. The van der Waals surface area contributed by atoms with Crippen LogP contribution in [0.2, 0.25) is 0 Å². The first-order valence-corrected chi connectivity index (χ1v) is 7.91. The minimum absolute atomic E-state index is 0.366. The molecule has 0 amide bonds. The van der Waals surface area contributed by atoms with E-state index in [2.05, 4.69) is 42.6 Å². The number of benzene rings is 1. The van der Waals surface area contributed by atoms with Gasteiger partial charge in [-0.15, -0.1) is 11.3 Å². The van der Waals surface area contributed by atoms with Crippen LogP contribution in [-0.4, -0.2) is 6.54 Å². The summed E-state index contributed by atoms with van der Waals surface area (Å²) in [5.74, 6) is 0. The van der Waals surface area contributed by atoms with E-state index in [1.807, 2.05) is 23.7 Å². The summed E-state index contributed by atoms with van der Waals surface area (Å²) in [6.07, 6.45) is 5.71. The summed E-state index contributed by atoms with van der Waals surface area (Å²) in [5, 5.41) is 4.99. The standard InChI is InChI=1S/C17H19NOS/c1-2-8-18-15(10-13-7-9-19-12-13)17-11-14-5-3-4-6-16(14)20-17/h3-7,9,11-12,15,18H,2,8,10H2,1H3. The van der Waals surface area contributed by atoms with Crippen LogP contribution in [0.1, 0.15) is 29.8 Å². The molecule has 20 heavy (non-hydrogen) atoms. The Balaban J connectivity index is 1.87. The SMILES string of the molecule is CCCNC(Cc1ccoc1)c1cc2ccccc2s1. The molecule has 0 bridgehead atoms. The van der Waals surface area contributed by atoms with E-state index in [0.29, 0.717) is 6.04 Å². The molecule has 1 unspecified atom stereocenters. The Morgan fingerprint density at radius 3 is 2.90 bits per heavy atom. The van der Waals surface area contributed by atoms with Crippen molar-refractivity contribution >= 4 is 21.4 Å². The zero-order valence-corrected chi connectivity index (χ0v) is 12.5. The maximum absolute atomic E-state index is 5.19. The first-order chi connectivity index (χ1) is 9.86. The van der Waals surface area contributed by atoms with Gasteiger partial charge in [0.15, 0.2) is 0 Å². The van der Waals surface area contributed by atoms with Crippen LogP contribution in [0.4, 0.5) is 0 Å². The van der Waals surface area contributed by atoms with Crippen molar-refractivity contribution in [3.63, 3.8) is 0 Å². The summed E-state index contributed by atoms with van der Waals surface area (Å²) in [4.78, 5) is 1.40. The van der Waals surface area contributed by atoms with Crippen LogP contribution in [0.15, 0.2) is 53.3 Å². The lowest BCUT2D eigenvalue weighted by Gasteiger charge is -2.16. The third-order valence-corrected chi connectivity index (χ3v) is 4.68. The maximum atomic E-state index is 5.19. The molecule has 0 radical (unpaired) electrons. The van der Waals surface area contributed by atoms with Crippen LogP contribution < -0.4 is 5.32 Å². The molecule has 2 aromatic heterocycles. The van der Waals surface area contributed by atoms with Crippen molar-refractivity contribution in [3.05, 3.63) is 59.4 Å². The highest BCUT2D eigenvalue weighted by Gasteiger charge is 2.15. The van der Waals surface area contributed by atoms with Gasteiger partial charge in [-0.25, -0.2) is 0 Å². The second-order valence-corrected chi connectivity index (χ2v) is 6.14. The first kappa shape index (κ1) is 13.4. The molecule has 3 aromatic rings. The van der Waals surface area contributed by atoms with Gasteiger partial charge in [0.05, 0.1) is 12.5 Å². The van der Waals surface area contributed by atoms with Crippen LogP contribution >= 0.6 is 11.3 Å². The summed E-state index contributed by atoms with van der Waals surface area (Å²) in [6.45, 7) is 3.24. The molecule has 0 aliphatic heterocycles. The number of nitrogens with one attached hydrogen (secondary N) is 1. The van der Waals surface area contributed by atoms with E-state index in [4.69, 9.17) is 4.42 Å². The van der Waals surface area contributed by atoms with Crippen LogP contribution in [0.25, 0.3) is 10.1 Å². The van der Waals surface area contributed by atoms with Crippen molar-refractivity contribution in [2.45, 2.75) is 25.8 Å². The van der Waals surface area contributed by atoms with Crippen molar-refractivity contribution in [2.75, 3.05) is 6.54 Å². The monoisotopic (exact) mass is 285 g/mol. The van der Waals surface area contributed by atoms with Gasteiger partial charge in [-0.3, -0.25) is 0 Å². The number of hydrogen-bond acceptors (Lipinski definition) is 3. The van der Waals surface area contributed by atoms with Gasteiger partial charge in [0.25, 0.3) is 0 Å². The summed E-state index contributed by atoms with van der Waals surface area (Å²) in [7, 11) is 0. The molecule has 0 spiro atoms. The van der Waals surface area contributed by atoms with Gasteiger partial charge in [-0.2, -0.15) is 0 Å². The molecule has 3 heteroatoms. The van der Waals surface area contributed by atoms with Gasteiger partial charge >= 0.3 is 0 Å². The Labute approximate surface area is 123 Å². The highest BCUT2D eigenvalue weighted by Crippen LogP contribution is 2.31. The molecule has 0 aliphatic carbocycles. The van der Waals surface area contributed by atoms with E-state index in [-0.39, 0.29) is 0 Å². The molecule has 1 N–H and O–H groups in total. The lowest BCUT2D eigenvalue weighted by molar-refractivity contribution is 0.526. The van der Waals surface area contributed by atoms with Crippen LogP contribution in [0.5, 0.6) is 0 Å². The topological polar surface area (TPSA) is 25.2 Å². The molecule has 0 aliphatic rings. The predicted octanol–water partition coefficient (Wildman–Crippen LogP) is 4.78. The predicted molar refractivity (Wildman–Crippen MR) is 85.3 cm³/mol. The van der Waals surface area contributed by atoms with Crippen molar-refractivity contribution in [1.29, 1.82) is 0 Å². The zero-order valence-electron chi connectivity index (χ0n) is 11.6. The Morgan fingerprint density at radius 2 is 2.15 bits per heavy atom. The number of furan rings is 1. The molecular formula is C17H19NOS. The third-order valence-electron chi connectivity index (χ3n) is 3.45. The quantitative estimate of drug-likeness (QED) is 0.705. The Hall–Kier alpha value is -1.58. The summed E-state index contributed by atoms with van der Waals surface area (Å²) >= 11 is 1.88. The fourth-order valence-corrected chi connectivity index (χ4v) is 3.55. The molecule has 1 atom stereocenters. The lowest BCUT2D eigenvalue weighted by Crippen LogP contribution is -2.23. The largest absolute Gasteiger partial charge is 0.472 e. The highest BCUT2D eigenvalue weighted by molar-refractivity contribution is 7.19. The van der Waals surface area contributed by atoms with E-state index in [1.165, 1.54) is 20.5 Å². The Morgan fingerprint density at radius 1 is 1.25 bits per heavy atom. The number of hydrogen-bond donors (Lipinski definition) is 1. The van der Waals surface area contributed by atoms with Gasteiger partial charge in [0, 0.05) is 15.6 Å². The van der Waals surface area contributed by atoms with Crippen molar-refractivity contribution < 1.29 is 4.42 Å². The summed E-state index contributed by atoms with van der Waals surface area (Å²) in [5.41, 5.74) is 1.25. The maximum Gasteiger partial charge on any atom is 0.0935 e. The van der Waals surface area contributed by atoms with Crippen LogP contribution in [-0.2, 0) is 6.42 Å². The zero-order chi connectivity index (χ0) is 13.8. The molecule has 0 fully saturated rings. The fourth-order valence-electron chi connectivity index (χ4n) is 2.41. The van der Waals surface area contributed by atoms with E-state index < -0.39 is 0 Å². The molecular weight excluding hydrogens is 266 g/mol. The second-order valence-electron chi connectivity index (χ2n) is 5.03. The van der Waals surface area contributed by atoms with Crippen molar-refractivity contribution in [1.82, 2.24) is 5.32 Å². The third kappa shape index (κ3) is 2.94. The Bertz CT molecular complexity index is 624. The van der Waals surface area contributed by atoms with Crippen molar-refractivity contribution in [2.24, 2.45) is 0 Å². The lowest BCUT2D eigenvalue weighted by atomic mass is 10.1. The van der Waals surface area contributed by atoms with Gasteiger partial charge in [0.2, 0.25) is 0 Å². The highest BCUT2D eigenvalue weighted by atomic mass is 32.1. The van der Waals surface area contributed by atoms with Crippen LogP contribution in [0.3, 0.4) is 0 Å². The van der Waals surface area contributed by atoms with E-state index >= 15 is 0 Å². The average Bonchev–Trinajstić information content (AvgIpc) is 3.12. The van der Waals surface area contributed by atoms with Crippen LogP contribution in [0, 0.1) is 0 Å². The molecule has 1 aromatic carbocycles. The first-order valence-electron chi connectivity index (χ1n) is 7.09. The fraction of sp³-hybridized carbons (Fsp3) is 0.294. The summed E-state index contributed by atoms with van der Waals surface area (Å²) < 4.78 is 6.55. The number of fused-ring (bicyclic) bond motifs is 1. The average molecular weight is 285 g/mol. The molecule has 0 saturated heterocycles. The van der Waals surface area contributed by atoms with Crippen molar-refractivity contribution in [3.8, 4) is 0 Å². The molecule has 2 nitrogen and oxygen atoms in total. The summed E-state index contributed by atoms with van der Waals surface area (Å²) in [6, 6.07) is 13.3. The normalized spacial score (nSPS) is 12.8. The van der Waals surface area contributed by atoms with E-state index in [9.17, 15) is 0 Å². The van der Waals surface area contributed by atoms with Gasteiger partial charge in [-0.1, -0.05) is 25.1 Å². The minimum atomic E-state index is 0.366. The van der Waals surface area contributed by atoms with Gasteiger partial charge < -0.3 is 9.73 Å². The minimum Gasteiger partial charge on any atom is -0.472 e. The van der Waals surface area contributed by atoms with Gasteiger partial charge in [0.1, 0.15) is 0 Å². The molecule has 2 heterocycles. The van der Waals surface area contributed by atoms with E-state index in [1.54, 1.807) is 6.26 Å². The van der Waals surface area contributed by atoms with Gasteiger partial charge in [-0.05, 0) is 48.5 Å². The number of rotatable bonds is 6. The molecule has 3 rings (SSSR count).